The van der Waals surface area contributed by atoms with Crippen LogP contribution in [-0.2, 0) is 16.1 Å². The van der Waals surface area contributed by atoms with Crippen LogP contribution in [0.4, 0.5) is 0 Å². The zero-order valence-electron chi connectivity index (χ0n) is 13.0. The summed E-state index contributed by atoms with van der Waals surface area (Å²) in [5.74, 6) is 0.446. The van der Waals surface area contributed by atoms with Gasteiger partial charge in [0, 0.05) is 24.7 Å². The molecule has 0 saturated carbocycles. The molecule has 0 bridgehead atoms. The molecule has 21 heavy (non-hydrogen) atoms. The molecule has 1 rings (SSSR count). The van der Waals surface area contributed by atoms with E-state index in [1.807, 2.05) is 24.3 Å². The fourth-order valence-corrected chi connectivity index (χ4v) is 2.12. The van der Waals surface area contributed by atoms with Crippen LogP contribution in [0.2, 0.25) is 5.02 Å². The van der Waals surface area contributed by atoms with Gasteiger partial charge in [0.05, 0.1) is 25.9 Å². The summed E-state index contributed by atoms with van der Waals surface area (Å²) in [6, 6.07) is 7.78. The summed E-state index contributed by atoms with van der Waals surface area (Å²) < 4.78 is 10.7. The molecule has 0 radical (unpaired) electrons. The first kappa shape index (κ1) is 18.4. The average molecular weight is 316 g/mol. The molecule has 5 heteroatoms. The lowest BCUT2D eigenvalue weighted by Gasteiger charge is -2.23. The molecule has 0 aliphatic heterocycles. The molecule has 2 N–H and O–H groups in total. The number of aliphatic hydroxyl groups excluding tert-OH is 1. The average Bonchev–Trinajstić information content (AvgIpc) is 2.45. The van der Waals surface area contributed by atoms with E-state index in [0.29, 0.717) is 30.7 Å². The molecule has 0 saturated heterocycles. The van der Waals surface area contributed by atoms with Crippen molar-refractivity contribution in [2.75, 3.05) is 26.9 Å². The van der Waals surface area contributed by atoms with Gasteiger partial charge in [0.25, 0.3) is 0 Å². The zero-order valence-corrected chi connectivity index (χ0v) is 13.8. The molecule has 0 fully saturated rings. The Morgan fingerprint density at radius 1 is 1.24 bits per heavy atom. The van der Waals surface area contributed by atoms with Gasteiger partial charge in [0.2, 0.25) is 0 Å². The molecule has 1 aromatic rings. The summed E-state index contributed by atoms with van der Waals surface area (Å²) in [7, 11) is 1.68. The Balaban J connectivity index is 2.25. The van der Waals surface area contributed by atoms with Crippen molar-refractivity contribution in [3.8, 4) is 0 Å². The van der Waals surface area contributed by atoms with Crippen molar-refractivity contribution in [2.45, 2.75) is 32.6 Å². The van der Waals surface area contributed by atoms with E-state index in [1.54, 1.807) is 7.11 Å². The number of halogens is 1. The lowest BCUT2D eigenvalue weighted by molar-refractivity contribution is 0.0246. The van der Waals surface area contributed by atoms with Crippen LogP contribution in [0.1, 0.15) is 19.4 Å². The fraction of sp³-hybridized carbons (Fsp3) is 0.625. The lowest BCUT2D eigenvalue weighted by Crippen LogP contribution is -2.42. The number of rotatable bonds is 10. The number of benzene rings is 1. The van der Waals surface area contributed by atoms with Crippen LogP contribution in [0.3, 0.4) is 0 Å². The number of hydrogen-bond acceptors (Lipinski definition) is 4. The minimum absolute atomic E-state index is 0.230. The van der Waals surface area contributed by atoms with Crippen LogP contribution >= 0.6 is 11.6 Å². The third-order valence-electron chi connectivity index (χ3n) is 3.29. The highest BCUT2D eigenvalue weighted by atomic mass is 35.5. The first-order valence-electron chi connectivity index (χ1n) is 7.26. The lowest BCUT2D eigenvalue weighted by atomic mass is 10.1. The molecule has 1 aromatic carbocycles. The maximum Gasteiger partial charge on any atom is 0.0897 e. The molecule has 0 aliphatic carbocycles. The maximum atomic E-state index is 9.93. The van der Waals surface area contributed by atoms with Gasteiger partial charge in [-0.1, -0.05) is 43.6 Å². The van der Waals surface area contributed by atoms with Crippen molar-refractivity contribution in [2.24, 2.45) is 5.92 Å². The van der Waals surface area contributed by atoms with Gasteiger partial charge in [-0.3, -0.25) is 0 Å². The molecule has 4 nitrogen and oxygen atoms in total. The highest BCUT2D eigenvalue weighted by Gasteiger charge is 2.14. The van der Waals surface area contributed by atoms with Gasteiger partial charge in [-0.25, -0.2) is 0 Å². The standard InChI is InChI=1S/C16H26ClNO3/c1-12(2)16(11-20-3)18-8-14(19)10-21-9-13-6-4-5-7-15(13)17/h4-7,12,14,16,18-19H,8-11H2,1-3H3. The maximum absolute atomic E-state index is 9.93. The van der Waals surface area contributed by atoms with Gasteiger partial charge in [-0.15, -0.1) is 0 Å². The minimum atomic E-state index is -0.550. The molecule has 0 spiro atoms. The van der Waals surface area contributed by atoms with Gasteiger partial charge >= 0.3 is 0 Å². The first-order chi connectivity index (χ1) is 10.0. The van der Waals surface area contributed by atoms with Crippen molar-refractivity contribution >= 4 is 11.6 Å². The van der Waals surface area contributed by atoms with Gasteiger partial charge in [0.1, 0.15) is 0 Å². The van der Waals surface area contributed by atoms with Gasteiger partial charge in [-0.05, 0) is 17.5 Å². The van der Waals surface area contributed by atoms with Crippen LogP contribution in [0, 0.1) is 5.92 Å². The van der Waals surface area contributed by atoms with Crippen molar-refractivity contribution in [3.05, 3.63) is 34.9 Å². The smallest absolute Gasteiger partial charge is 0.0897 e. The van der Waals surface area contributed by atoms with Crippen LogP contribution in [-0.4, -0.2) is 44.1 Å². The van der Waals surface area contributed by atoms with Gasteiger partial charge in [0.15, 0.2) is 0 Å². The Morgan fingerprint density at radius 3 is 2.57 bits per heavy atom. The third-order valence-corrected chi connectivity index (χ3v) is 3.66. The van der Waals surface area contributed by atoms with Crippen molar-refractivity contribution in [1.29, 1.82) is 0 Å². The quantitative estimate of drug-likeness (QED) is 0.696. The van der Waals surface area contributed by atoms with E-state index in [2.05, 4.69) is 19.2 Å². The minimum Gasteiger partial charge on any atom is -0.389 e. The highest BCUT2D eigenvalue weighted by Crippen LogP contribution is 2.15. The summed E-state index contributed by atoms with van der Waals surface area (Å²) in [6.07, 6.45) is -0.550. The van der Waals surface area contributed by atoms with Crippen molar-refractivity contribution < 1.29 is 14.6 Å². The molecule has 0 aliphatic rings. The van der Waals surface area contributed by atoms with Crippen LogP contribution in [0.5, 0.6) is 0 Å². The normalized spacial score (nSPS) is 14.4. The summed E-state index contributed by atoms with van der Waals surface area (Å²) >= 11 is 6.04. The van der Waals surface area contributed by atoms with Crippen LogP contribution in [0.25, 0.3) is 0 Å². The topological polar surface area (TPSA) is 50.7 Å². The monoisotopic (exact) mass is 315 g/mol. The second kappa shape index (κ2) is 10.1. The fourth-order valence-electron chi connectivity index (χ4n) is 1.93. The van der Waals surface area contributed by atoms with E-state index in [4.69, 9.17) is 21.1 Å². The zero-order chi connectivity index (χ0) is 15.7. The van der Waals surface area contributed by atoms with E-state index >= 15 is 0 Å². The van der Waals surface area contributed by atoms with Gasteiger partial charge in [-0.2, -0.15) is 0 Å². The SMILES string of the molecule is COCC(NCC(O)COCc1ccccc1Cl)C(C)C. The summed E-state index contributed by atoms with van der Waals surface area (Å²) in [6.45, 7) is 6.03. The Morgan fingerprint density at radius 2 is 1.95 bits per heavy atom. The second-order valence-electron chi connectivity index (χ2n) is 5.47. The number of methoxy groups -OCH3 is 1. The molecular formula is C16H26ClNO3. The van der Waals surface area contributed by atoms with Crippen LogP contribution < -0.4 is 5.32 Å². The molecular weight excluding hydrogens is 290 g/mol. The van der Waals surface area contributed by atoms with Gasteiger partial charge < -0.3 is 19.9 Å². The Bertz CT molecular complexity index is 401. The first-order valence-corrected chi connectivity index (χ1v) is 7.64. The number of ether oxygens (including phenoxy) is 2. The molecule has 0 aromatic heterocycles. The predicted molar refractivity (Wildman–Crippen MR) is 85.6 cm³/mol. The van der Waals surface area contributed by atoms with E-state index < -0.39 is 6.10 Å². The van der Waals surface area contributed by atoms with E-state index in [9.17, 15) is 5.11 Å². The molecule has 0 heterocycles. The second-order valence-corrected chi connectivity index (χ2v) is 5.88. The number of hydrogen-bond donors (Lipinski definition) is 2. The Hall–Kier alpha value is -0.650. The van der Waals surface area contributed by atoms with E-state index in [0.717, 1.165) is 5.56 Å². The predicted octanol–water partition coefficient (Wildman–Crippen LogP) is 2.48. The number of nitrogens with one attached hydrogen (secondary N) is 1. The summed E-state index contributed by atoms with van der Waals surface area (Å²) in [5.41, 5.74) is 0.929. The van der Waals surface area contributed by atoms with E-state index in [-0.39, 0.29) is 12.6 Å². The molecule has 120 valence electrons. The Kier molecular flexibility index (Phi) is 8.88. The van der Waals surface area contributed by atoms with Crippen molar-refractivity contribution in [1.82, 2.24) is 5.32 Å². The summed E-state index contributed by atoms with van der Waals surface area (Å²) in [5, 5.41) is 13.9. The Labute approximate surface area is 132 Å². The van der Waals surface area contributed by atoms with Crippen molar-refractivity contribution in [3.63, 3.8) is 0 Å². The largest absolute Gasteiger partial charge is 0.389 e. The summed E-state index contributed by atoms with van der Waals surface area (Å²) in [4.78, 5) is 0. The highest BCUT2D eigenvalue weighted by molar-refractivity contribution is 6.31. The molecule has 2 atom stereocenters. The van der Waals surface area contributed by atoms with Crippen LogP contribution in [0.15, 0.2) is 24.3 Å². The number of aliphatic hydroxyl groups is 1. The third kappa shape index (κ3) is 7.25. The molecule has 0 amide bonds. The molecule has 2 unspecified atom stereocenters. The van der Waals surface area contributed by atoms with E-state index in [1.165, 1.54) is 0 Å².